The summed E-state index contributed by atoms with van der Waals surface area (Å²) in [6.45, 7) is 5.60. The van der Waals surface area contributed by atoms with Crippen LogP contribution in [0.5, 0.6) is 5.75 Å². The molecule has 0 saturated carbocycles. The summed E-state index contributed by atoms with van der Waals surface area (Å²) < 4.78 is 0. The zero-order valence-corrected chi connectivity index (χ0v) is 10.0. The van der Waals surface area contributed by atoms with Gasteiger partial charge in [-0.3, -0.25) is 9.78 Å². The van der Waals surface area contributed by atoms with Crippen molar-refractivity contribution in [1.29, 1.82) is 0 Å². The first-order chi connectivity index (χ1) is 7.65. The Bertz CT molecular complexity index is 347. The standard InChI is InChI=1S/C13H18O3/c1-4-7-10(2)12-8-5-6-9-13(12)16-15-11(3)14/h5-6,8-10H,4,7H2,1-3H3. The van der Waals surface area contributed by atoms with Gasteiger partial charge in [0.2, 0.25) is 0 Å². The Balaban J connectivity index is 2.78. The van der Waals surface area contributed by atoms with E-state index in [1.54, 1.807) is 0 Å². The number of benzene rings is 1. The third-order valence-corrected chi connectivity index (χ3v) is 2.42. The summed E-state index contributed by atoms with van der Waals surface area (Å²) >= 11 is 0. The van der Waals surface area contributed by atoms with Gasteiger partial charge in [-0.05, 0) is 18.4 Å². The lowest BCUT2D eigenvalue weighted by molar-refractivity contribution is -0.211. The quantitative estimate of drug-likeness (QED) is 0.565. The summed E-state index contributed by atoms with van der Waals surface area (Å²) in [5.41, 5.74) is 1.07. The number of rotatable bonds is 5. The van der Waals surface area contributed by atoms with E-state index in [0.717, 1.165) is 18.4 Å². The highest BCUT2D eigenvalue weighted by Crippen LogP contribution is 2.29. The monoisotopic (exact) mass is 222 g/mol. The summed E-state index contributed by atoms with van der Waals surface area (Å²) in [7, 11) is 0. The Morgan fingerprint density at radius 1 is 1.38 bits per heavy atom. The van der Waals surface area contributed by atoms with Crippen LogP contribution in [0.15, 0.2) is 24.3 Å². The predicted octanol–water partition coefficient (Wildman–Crippen LogP) is 3.45. The Hall–Kier alpha value is -1.51. The van der Waals surface area contributed by atoms with Crippen LogP contribution in [0.4, 0.5) is 0 Å². The first-order valence-electron chi connectivity index (χ1n) is 5.59. The van der Waals surface area contributed by atoms with Crippen LogP contribution in [0.25, 0.3) is 0 Å². The van der Waals surface area contributed by atoms with Crippen molar-refractivity contribution in [1.82, 2.24) is 0 Å². The van der Waals surface area contributed by atoms with Crippen molar-refractivity contribution in [2.45, 2.75) is 39.5 Å². The molecule has 0 bridgehead atoms. The van der Waals surface area contributed by atoms with E-state index in [-0.39, 0.29) is 0 Å². The number of para-hydroxylation sites is 1. The fourth-order valence-electron chi connectivity index (χ4n) is 1.66. The summed E-state index contributed by atoms with van der Waals surface area (Å²) in [4.78, 5) is 20.3. The van der Waals surface area contributed by atoms with Gasteiger partial charge < -0.3 is 0 Å². The highest BCUT2D eigenvalue weighted by atomic mass is 17.2. The number of carbonyl (C=O) groups excluding carboxylic acids is 1. The maximum atomic E-state index is 10.7. The molecule has 16 heavy (non-hydrogen) atoms. The highest BCUT2D eigenvalue weighted by Gasteiger charge is 2.11. The minimum absolute atomic E-state index is 0.400. The minimum Gasteiger partial charge on any atom is -0.287 e. The SMILES string of the molecule is CCCC(C)c1ccccc1OOC(C)=O. The van der Waals surface area contributed by atoms with Gasteiger partial charge in [0.15, 0.2) is 5.75 Å². The van der Waals surface area contributed by atoms with Gasteiger partial charge in [-0.1, -0.05) is 38.5 Å². The van der Waals surface area contributed by atoms with E-state index >= 15 is 0 Å². The summed E-state index contributed by atoms with van der Waals surface area (Å²) in [5, 5.41) is 0. The zero-order valence-electron chi connectivity index (χ0n) is 10.0. The van der Waals surface area contributed by atoms with Gasteiger partial charge >= 0.3 is 5.97 Å². The molecule has 0 N–H and O–H groups in total. The van der Waals surface area contributed by atoms with Crippen LogP contribution in [-0.4, -0.2) is 5.97 Å². The van der Waals surface area contributed by atoms with Crippen LogP contribution >= 0.6 is 0 Å². The van der Waals surface area contributed by atoms with Crippen LogP contribution < -0.4 is 4.89 Å². The van der Waals surface area contributed by atoms with E-state index in [0.29, 0.717) is 11.7 Å². The molecule has 0 amide bonds. The number of hydrogen-bond acceptors (Lipinski definition) is 3. The molecule has 1 rings (SSSR count). The maximum Gasteiger partial charge on any atom is 0.352 e. The van der Waals surface area contributed by atoms with Crippen LogP contribution in [0, 0.1) is 0 Å². The molecule has 0 aliphatic heterocycles. The van der Waals surface area contributed by atoms with Gasteiger partial charge in [0.25, 0.3) is 0 Å². The van der Waals surface area contributed by atoms with Crippen LogP contribution in [-0.2, 0) is 9.68 Å². The fourth-order valence-corrected chi connectivity index (χ4v) is 1.66. The largest absolute Gasteiger partial charge is 0.352 e. The molecule has 1 aromatic carbocycles. The average molecular weight is 222 g/mol. The van der Waals surface area contributed by atoms with Crippen molar-refractivity contribution < 1.29 is 14.6 Å². The molecule has 1 atom stereocenters. The van der Waals surface area contributed by atoms with Crippen molar-refractivity contribution in [3.8, 4) is 5.75 Å². The topological polar surface area (TPSA) is 35.5 Å². The minimum atomic E-state index is -0.446. The Morgan fingerprint density at radius 2 is 2.06 bits per heavy atom. The van der Waals surface area contributed by atoms with Crippen molar-refractivity contribution in [3.63, 3.8) is 0 Å². The first-order valence-corrected chi connectivity index (χ1v) is 5.59. The van der Waals surface area contributed by atoms with Crippen molar-refractivity contribution in [2.24, 2.45) is 0 Å². The predicted molar refractivity (Wildman–Crippen MR) is 62.2 cm³/mol. The molecule has 0 aliphatic carbocycles. The Kier molecular flexibility index (Phi) is 4.83. The van der Waals surface area contributed by atoms with Crippen molar-refractivity contribution >= 4 is 5.97 Å². The van der Waals surface area contributed by atoms with Crippen molar-refractivity contribution in [2.75, 3.05) is 0 Å². The molecule has 0 heterocycles. The molecule has 0 radical (unpaired) electrons. The Morgan fingerprint density at radius 3 is 2.69 bits per heavy atom. The van der Waals surface area contributed by atoms with Gasteiger partial charge in [-0.15, -0.1) is 0 Å². The highest BCUT2D eigenvalue weighted by molar-refractivity contribution is 5.65. The molecule has 0 spiro atoms. The van der Waals surface area contributed by atoms with Gasteiger partial charge in [0, 0.05) is 12.5 Å². The Labute approximate surface area is 96.3 Å². The third-order valence-electron chi connectivity index (χ3n) is 2.42. The van der Waals surface area contributed by atoms with E-state index in [2.05, 4.69) is 18.7 Å². The molecular weight excluding hydrogens is 204 g/mol. The second kappa shape index (κ2) is 6.16. The molecular formula is C13H18O3. The average Bonchev–Trinajstić information content (AvgIpc) is 2.27. The molecule has 1 unspecified atom stereocenters. The van der Waals surface area contributed by atoms with E-state index in [1.165, 1.54) is 6.92 Å². The van der Waals surface area contributed by atoms with Crippen LogP contribution in [0.2, 0.25) is 0 Å². The van der Waals surface area contributed by atoms with Crippen LogP contribution in [0.1, 0.15) is 45.1 Å². The molecule has 0 aliphatic rings. The fraction of sp³-hybridized carbons (Fsp3) is 0.462. The molecule has 3 heteroatoms. The lowest BCUT2D eigenvalue weighted by atomic mass is 9.96. The van der Waals surface area contributed by atoms with E-state index < -0.39 is 5.97 Å². The summed E-state index contributed by atoms with van der Waals surface area (Å²) in [6, 6.07) is 7.63. The van der Waals surface area contributed by atoms with Gasteiger partial charge in [-0.2, -0.15) is 0 Å². The van der Waals surface area contributed by atoms with Gasteiger partial charge in [0.05, 0.1) is 0 Å². The molecule has 1 aromatic rings. The van der Waals surface area contributed by atoms with Crippen LogP contribution in [0.3, 0.4) is 0 Å². The molecule has 0 aromatic heterocycles. The first kappa shape index (κ1) is 12.6. The van der Waals surface area contributed by atoms with E-state index in [4.69, 9.17) is 4.89 Å². The maximum absolute atomic E-state index is 10.7. The number of hydrogen-bond donors (Lipinski definition) is 0. The molecule has 0 saturated heterocycles. The lowest BCUT2D eigenvalue weighted by Gasteiger charge is -2.14. The lowest BCUT2D eigenvalue weighted by Crippen LogP contribution is -2.05. The summed E-state index contributed by atoms with van der Waals surface area (Å²) in [5.74, 6) is 0.577. The molecule has 88 valence electrons. The summed E-state index contributed by atoms with van der Waals surface area (Å²) in [6.07, 6.45) is 2.20. The third kappa shape index (κ3) is 3.57. The van der Waals surface area contributed by atoms with E-state index in [1.807, 2.05) is 24.3 Å². The van der Waals surface area contributed by atoms with Crippen molar-refractivity contribution in [3.05, 3.63) is 29.8 Å². The smallest absolute Gasteiger partial charge is 0.287 e. The van der Waals surface area contributed by atoms with Gasteiger partial charge in [0.1, 0.15) is 0 Å². The second-order valence-corrected chi connectivity index (χ2v) is 3.89. The zero-order chi connectivity index (χ0) is 12.0. The normalized spacial score (nSPS) is 11.9. The second-order valence-electron chi connectivity index (χ2n) is 3.89. The molecule has 3 nitrogen and oxygen atoms in total. The van der Waals surface area contributed by atoms with E-state index in [9.17, 15) is 4.79 Å². The number of carbonyl (C=O) groups is 1. The van der Waals surface area contributed by atoms with Gasteiger partial charge in [-0.25, -0.2) is 4.79 Å². The molecule has 0 fully saturated rings.